The second kappa shape index (κ2) is 7.57. The quantitative estimate of drug-likeness (QED) is 0.690. The lowest BCUT2D eigenvalue weighted by molar-refractivity contribution is -0.121. The van der Waals surface area contributed by atoms with E-state index in [1.165, 1.54) is 0 Å². The Hall–Kier alpha value is -3.22. The molecule has 7 nitrogen and oxygen atoms in total. The van der Waals surface area contributed by atoms with Crippen molar-refractivity contribution in [2.45, 2.75) is 31.8 Å². The third-order valence-corrected chi connectivity index (χ3v) is 4.82. The smallest absolute Gasteiger partial charge is 0.228 e. The first kappa shape index (κ1) is 17.2. The number of fused-ring (bicyclic) bond motifs is 1. The number of nitrogen functional groups attached to an aromatic ring is 1. The van der Waals surface area contributed by atoms with Crippen molar-refractivity contribution in [3.63, 3.8) is 0 Å². The summed E-state index contributed by atoms with van der Waals surface area (Å²) in [5, 5.41) is 2.88. The molecule has 1 aromatic carbocycles. The Morgan fingerprint density at radius 1 is 1.04 bits per heavy atom. The fourth-order valence-corrected chi connectivity index (χ4v) is 3.44. The van der Waals surface area contributed by atoms with E-state index in [0.717, 1.165) is 31.2 Å². The van der Waals surface area contributed by atoms with Gasteiger partial charge in [0, 0.05) is 36.3 Å². The zero-order valence-electron chi connectivity index (χ0n) is 14.8. The Morgan fingerprint density at radius 3 is 2.63 bits per heavy atom. The number of aromatic nitrogens is 3. The van der Waals surface area contributed by atoms with Gasteiger partial charge >= 0.3 is 0 Å². The molecule has 1 aliphatic rings. The number of nitrogens with zero attached hydrogens (tertiary/aromatic N) is 3. The van der Waals surface area contributed by atoms with Crippen LogP contribution >= 0.6 is 0 Å². The minimum absolute atomic E-state index is 0.0208. The van der Waals surface area contributed by atoms with E-state index >= 15 is 0 Å². The SMILES string of the molecule is Nc1cc(OC2CCC(C(=O)Nc3ccccn3)CC2)c2nccnc2c1. The summed E-state index contributed by atoms with van der Waals surface area (Å²) in [5.41, 5.74) is 7.99. The van der Waals surface area contributed by atoms with Gasteiger partial charge in [-0.2, -0.15) is 0 Å². The number of nitrogens with one attached hydrogen (secondary N) is 1. The van der Waals surface area contributed by atoms with Crippen LogP contribution in [0.5, 0.6) is 5.75 Å². The van der Waals surface area contributed by atoms with E-state index in [1.54, 1.807) is 36.8 Å². The van der Waals surface area contributed by atoms with E-state index in [2.05, 4.69) is 20.3 Å². The Balaban J connectivity index is 1.38. The summed E-state index contributed by atoms with van der Waals surface area (Å²) in [6, 6.07) is 9.04. The lowest BCUT2D eigenvalue weighted by atomic mass is 9.86. The Labute approximate surface area is 157 Å². The van der Waals surface area contributed by atoms with Gasteiger partial charge in [-0.05, 0) is 43.9 Å². The van der Waals surface area contributed by atoms with Gasteiger partial charge in [0.1, 0.15) is 17.1 Å². The molecule has 1 amide bonds. The molecule has 7 heteroatoms. The summed E-state index contributed by atoms with van der Waals surface area (Å²) in [6.45, 7) is 0. The molecule has 2 aromatic heterocycles. The zero-order chi connectivity index (χ0) is 18.6. The molecule has 0 radical (unpaired) electrons. The number of carbonyl (C=O) groups is 1. The number of hydrogen-bond donors (Lipinski definition) is 2. The van der Waals surface area contributed by atoms with Crippen molar-refractivity contribution in [3.8, 4) is 5.75 Å². The number of rotatable bonds is 4. The summed E-state index contributed by atoms with van der Waals surface area (Å²) in [4.78, 5) is 25.2. The number of benzene rings is 1. The number of amides is 1. The summed E-state index contributed by atoms with van der Waals surface area (Å²) in [6.07, 6.45) is 8.13. The zero-order valence-corrected chi connectivity index (χ0v) is 14.8. The highest BCUT2D eigenvalue weighted by atomic mass is 16.5. The minimum Gasteiger partial charge on any atom is -0.488 e. The van der Waals surface area contributed by atoms with Crippen molar-refractivity contribution in [2.75, 3.05) is 11.1 Å². The summed E-state index contributed by atoms with van der Waals surface area (Å²) >= 11 is 0. The molecular weight excluding hydrogens is 342 g/mol. The van der Waals surface area contributed by atoms with E-state index < -0.39 is 0 Å². The minimum atomic E-state index is -0.0239. The first-order valence-electron chi connectivity index (χ1n) is 9.08. The molecule has 3 aromatic rings. The second-order valence-corrected chi connectivity index (χ2v) is 6.74. The van der Waals surface area contributed by atoms with Crippen LogP contribution in [0, 0.1) is 5.92 Å². The lowest BCUT2D eigenvalue weighted by Crippen LogP contribution is -2.31. The van der Waals surface area contributed by atoms with Crippen LogP contribution in [0.3, 0.4) is 0 Å². The number of carbonyl (C=O) groups excluding carboxylic acids is 1. The average Bonchev–Trinajstić information content (AvgIpc) is 2.69. The van der Waals surface area contributed by atoms with E-state index in [9.17, 15) is 4.79 Å². The van der Waals surface area contributed by atoms with Gasteiger partial charge in [0.15, 0.2) is 0 Å². The fraction of sp³-hybridized carbons (Fsp3) is 0.300. The molecule has 0 aliphatic heterocycles. The van der Waals surface area contributed by atoms with E-state index in [0.29, 0.717) is 22.8 Å². The number of pyridine rings is 1. The molecule has 1 aliphatic carbocycles. The Bertz CT molecular complexity index is 940. The van der Waals surface area contributed by atoms with E-state index in [-0.39, 0.29) is 17.9 Å². The second-order valence-electron chi connectivity index (χ2n) is 6.74. The summed E-state index contributed by atoms with van der Waals surface area (Å²) in [5.74, 6) is 1.24. The van der Waals surface area contributed by atoms with Gasteiger partial charge in [0.2, 0.25) is 5.91 Å². The van der Waals surface area contributed by atoms with Gasteiger partial charge in [-0.15, -0.1) is 0 Å². The number of hydrogen-bond acceptors (Lipinski definition) is 6. The van der Waals surface area contributed by atoms with Gasteiger partial charge in [-0.25, -0.2) is 9.97 Å². The predicted octanol–water partition coefficient (Wildman–Crippen LogP) is 3.18. The molecule has 4 rings (SSSR count). The third-order valence-electron chi connectivity index (χ3n) is 4.82. The van der Waals surface area contributed by atoms with Gasteiger partial charge in [-0.3, -0.25) is 9.78 Å². The predicted molar refractivity (Wildman–Crippen MR) is 103 cm³/mol. The van der Waals surface area contributed by atoms with Gasteiger partial charge in [-0.1, -0.05) is 6.07 Å². The number of nitrogens with two attached hydrogens (primary N) is 1. The molecular formula is C20H21N5O2. The van der Waals surface area contributed by atoms with Crippen LogP contribution in [0.2, 0.25) is 0 Å². The first-order valence-corrected chi connectivity index (χ1v) is 9.08. The van der Waals surface area contributed by atoms with Crippen molar-refractivity contribution in [1.82, 2.24) is 15.0 Å². The Morgan fingerprint density at radius 2 is 1.85 bits per heavy atom. The Kier molecular flexibility index (Phi) is 4.82. The topological polar surface area (TPSA) is 103 Å². The first-order chi connectivity index (χ1) is 13.2. The lowest BCUT2D eigenvalue weighted by Gasteiger charge is -2.28. The van der Waals surface area contributed by atoms with Gasteiger partial charge in [0.25, 0.3) is 0 Å². The molecule has 1 saturated carbocycles. The average molecular weight is 363 g/mol. The maximum absolute atomic E-state index is 12.4. The maximum Gasteiger partial charge on any atom is 0.228 e. The van der Waals surface area contributed by atoms with Gasteiger partial charge in [0.05, 0.1) is 11.6 Å². The third kappa shape index (κ3) is 3.97. The van der Waals surface area contributed by atoms with Crippen LogP contribution in [0.4, 0.5) is 11.5 Å². The van der Waals surface area contributed by atoms with Crippen LogP contribution in [-0.2, 0) is 4.79 Å². The van der Waals surface area contributed by atoms with Crippen LogP contribution in [0.25, 0.3) is 11.0 Å². The fourth-order valence-electron chi connectivity index (χ4n) is 3.44. The van der Waals surface area contributed by atoms with Crippen LogP contribution in [0.15, 0.2) is 48.9 Å². The summed E-state index contributed by atoms with van der Waals surface area (Å²) in [7, 11) is 0. The largest absolute Gasteiger partial charge is 0.488 e. The molecule has 138 valence electrons. The normalized spacial score (nSPS) is 19.6. The molecule has 3 N–H and O–H groups in total. The van der Waals surface area contributed by atoms with Crippen molar-refractivity contribution >= 4 is 28.4 Å². The van der Waals surface area contributed by atoms with Crippen molar-refractivity contribution in [3.05, 3.63) is 48.9 Å². The van der Waals surface area contributed by atoms with Crippen LogP contribution in [-0.4, -0.2) is 27.0 Å². The van der Waals surface area contributed by atoms with Crippen molar-refractivity contribution in [1.29, 1.82) is 0 Å². The molecule has 2 heterocycles. The van der Waals surface area contributed by atoms with Crippen LogP contribution in [0.1, 0.15) is 25.7 Å². The highest BCUT2D eigenvalue weighted by Crippen LogP contribution is 2.32. The standard InChI is InChI=1S/C20H21N5O2/c21-14-11-16-19(24-10-9-22-16)17(12-14)27-15-6-4-13(5-7-15)20(26)25-18-3-1-2-8-23-18/h1-3,8-13,15H,4-7,21H2,(H,23,25,26). The summed E-state index contributed by atoms with van der Waals surface area (Å²) < 4.78 is 6.17. The van der Waals surface area contributed by atoms with Crippen molar-refractivity contribution in [2.24, 2.45) is 5.92 Å². The van der Waals surface area contributed by atoms with E-state index in [1.807, 2.05) is 12.1 Å². The maximum atomic E-state index is 12.4. The molecule has 27 heavy (non-hydrogen) atoms. The monoisotopic (exact) mass is 363 g/mol. The van der Waals surface area contributed by atoms with Gasteiger partial charge < -0.3 is 15.8 Å². The highest BCUT2D eigenvalue weighted by molar-refractivity contribution is 5.91. The molecule has 0 atom stereocenters. The number of ether oxygens (including phenoxy) is 1. The van der Waals surface area contributed by atoms with Crippen LogP contribution < -0.4 is 15.8 Å². The van der Waals surface area contributed by atoms with E-state index in [4.69, 9.17) is 10.5 Å². The number of anilines is 2. The molecule has 0 spiro atoms. The molecule has 1 fully saturated rings. The molecule has 0 saturated heterocycles. The molecule has 0 unspecified atom stereocenters. The molecule has 0 bridgehead atoms. The highest BCUT2D eigenvalue weighted by Gasteiger charge is 2.28. The van der Waals surface area contributed by atoms with Crippen molar-refractivity contribution < 1.29 is 9.53 Å².